The molecule has 0 atom stereocenters. The van der Waals surface area contributed by atoms with Crippen molar-refractivity contribution in [2.24, 2.45) is 0 Å². The van der Waals surface area contributed by atoms with E-state index in [0.29, 0.717) is 0 Å². The first-order valence-corrected chi connectivity index (χ1v) is 3.77. The van der Waals surface area contributed by atoms with Crippen molar-refractivity contribution in [3.8, 4) is 0 Å². The van der Waals surface area contributed by atoms with Crippen LogP contribution in [0, 0.1) is 0 Å². The van der Waals surface area contributed by atoms with E-state index in [2.05, 4.69) is 4.74 Å². The highest BCUT2D eigenvalue weighted by atomic mass is 35.5. The van der Waals surface area contributed by atoms with Gasteiger partial charge >= 0.3 is 5.97 Å². The van der Waals surface area contributed by atoms with Crippen molar-refractivity contribution >= 4 is 17.6 Å². The number of rotatable bonds is 4. The van der Waals surface area contributed by atoms with Crippen LogP contribution in [-0.2, 0) is 4.74 Å². The van der Waals surface area contributed by atoms with Gasteiger partial charge in [0.1, 0.15) is 5.15 Å². The van der Waals surface area contributed by atoms with Crippen LogP contribution in [0.4, 0.5) is 0 Å². The maximum absolute atomic E-state index is 10.6. The Kier molecular flexibility index (Phi) is 3.16. The smallest absolute Gasteiger partial charge is 0.356 e. The summed E-state index contributed by atoms with van der Waals surface area (Å²) in [6.45, 7) is -0.0608. The maximum atomic E-state index is 10.6. The molecule has 0 saturated carbocycles. The summed E-state index contributed by atoms with van der Waals surface area (Å²) >= 11 is 5.64. The van der Waals surface area contributed by atoms with E-state index in [0.717, 1.165) is 4.73 Å². The van der Waals surface area contributed by atoms with E-state index in [1.165, 1.54) is 19.2 Å². The Hall–Kier alpha value is -1.20. The molecule has 1 aromatic heterocycles. The van der Waals surface area contributed by atoms with Gasteiger partial charge in [0, 0.05) is 7.11 Å². The van der Waals surface area contributed by atoms with E-state index in [-0.39, 0.29) is 17.6 Å². The zero-order valence-corrected chi connectivity index (χ0v) is 7.61. The molecule has 72 valence electrons. The van der Waals surface area contributed by atoms with Crippen LogP contribution in [0.15, 0.2) is 12.1 Å². The van der Waals surface area contributed by atoms with Crippen LogP contribution in [0.25, 0.3) is 0 Å². The fraction of sp³-hybridized carbons (Fsp3) is 0.286. The summed E-state index contributed by atoms with van der Waals surface area (Å²) in [6, 6.07) is 2.78. The first-order valence-electron chi connectivity index (χ1n) is 3.39. The molecule has 6 heteroatoms. The van der Waals surface area contributed by atoms with Gasteiger partial charge in [0.15, 0.2) is 5.69 Å². The predicted molar refractivity (Wildman–Crippen MR) is 44.9 cm³/mol. The van der Waals surface area contributed by atoms with Gasteiger partial charge < -0.3 is 14.7 Å². The van der Waals surface area contributed by atoms with Gasteiger partial charge in [0.2, 0.25) is 6.79 Å². The third-order valence-electron chi connectivity index (χ3n) is 1.31. The summed E-state index contributed by atoms with van der Waals surface area (Å²) in [5.41, 5.74) is -0.0398. The minimum absolute atomic E-state index is 0.0398. The van der Waals surface area contributed by atoms with Crippen molar-refractivity contribution in [2.75, 3.05) is 13.9 Å². The minimum atomic E-state index is -1.11. The van der Waals surface area contributed by atoms with Crippen LogP contribution in [0.3, 0.4) is 0 Å². The summed E-state index contributed by atoms with van der Waals surface area (Å²) in [7, 11) is 1.43. The largest absolute Gasteiger partial charge is 0.476 e. The molecule has 1 rings (SSSR count). The number of ether oxygens (including phenoxy) is 1. The van der Waals surface area contributed by atoms with Gasteiger partial charge in [-0.05, 0) is 12.1 Å². The van der Waals surface area contributed by atoms with Gasteiger partial charge in [-0.3, -0.25) is 0 Å². The highest BCUT2D eigenvalue weighted by Gasteiger charge is 2.13. The monoisotopic (exact) mass is 205 g/mol. The second-order valence-electron chi connectivity index (χ2n) is 2.18. The molecule has 1 heterocycles. The fourth-order valence-corrected chi connectivity index (χ4v) is 0.996. The highest BCUT2D eigenvalue weighted by Crippen LogP contribution is 2.12. The number of carboxylic acids is 1. The van der Waals surface area contributed by atoms with Crippen molar-refractivity contribution in [1.82, 2.24) is 4.73 Å². The molecule has 5 nitrogen and oxygen atoms in total. The third-order valence-corrected chi connectivity index (χ3v) is 1.59. The molecule has 0 aliphatic carbocycles. The van der Waals surface area contributed by atoms with Crippen molar-refractivity contribution in [1.29, 1.82) is 0 Å². The zero-order valence-electron chi connectivity index (χ0n) is 6.86. The standard InChI is InChI=1S/C7H8ClNO4/c1-12-4-13-9-5(7(10)11)2-3-6(9)8/h2-3H,4H2,1H3,(H,10,11). The first-order chi connectivity index (χ1) is 6.16. The van der Waals surface area contributed by atoms with Crippen LogP contribution >= 0.6 is 11.6 Å². The SMILES string of the molecule is COCOn1c(Cl)ccc1C(=O)O. The molecule has 0 aliphatic heterocycles. The van der Waals surface area contributed by atoms with Gasteiger partial charge in [0.05, 0.1) is 0 Å². The Morgan fingerprint density at radius 1 is 1.69 bits per heavy atom. The molecular weight excluding hydrogens is 198 g/mol. The predicted octanol–water partition coefficient (Wildman–Crippen LogP) is 0.872. The van der Waals surface area contributed by atoms with E-state index in [4.69, 9.17) is 21.5 Å². The number of aromatic nitrogens is 1. The molecule has 13 heavy (non-hydrogen) atoms. The number of methoxy groups -OCH3 is 1. The number of hydrogen-bond donors (Lipinski definition) is 1. The summed E-state index contributed by atoms with van der Waals surface area (Å²) < 4.78 is 5.60. The summed E-state index contributed by atoms with van der Waals surface area (Å²) in [6.07, 6.45) is 0. The molecule has 0 spiro atoms. The highest BCUT2D eigenvalue weighted by molar-refractivity contribution is 6.29. The molecule has 0 saturated heterocycles. The Labute approximate surface area is 79.4 Å². The first kappa shape index (κ1) is 9.88. The lowest BCUT2D eigenvalue weighted by atomic mass is 10.4. The average Bonchev–Trinajstić information content (AvgIpc) is 2.43. The van der Waals surface area contributed by atoms with E-state index in [9.17, 15) is 4.79 Å². The van der Waals surface area contributed by atoms with Crippen molar-refractivity contribution in [3.05, 3.63) is 23.0 Å². The zero-order chi connectivity index (χ0) is 9.84. The molecule has 0 amide bonds. The van der Waals surface area contributed by atoms with Crippen LogP contribution in [-0.4, -0.2) is 29.7 Å². The maximum Gasteiger partial charge on any atom is 0.356 e. The Morgan fingerprint density at radius 3 is 2.92 bits per heavy atom. The third kappa shape index (κ3) is 2.13. The van der Waals surface area contributed by atoms with Gasteiger partial charge in [0.25, 0.3) is 0 Å². The lowest BCUT2D eigenvalue weighted by Gasteiger charge is -2.08. The number of carboxylic acid groups (broad SMARTS) is 1. The van der Waals surface area contributed by atoms with Gasteiger partial charge in [-0.2, -0.15) is 4.73 Å². The molecule has 0 aromatic carbocycles. The number of carbonyl (C=O) groups is 1. The van der Waals surface area contributed by atoms with E-state index < -0.39 is 5.97 Å². The Bertz CT molecular complexity index is 309. The molecular formula is C7H8ClNO4. The summed E-state index contributed by atoms with van der Waals surface area (Å²) in [5.74, 6) is -1.11. The summed E-state index contributed by atoms with van der Waals surface area (Å²) in [4.78, 5) is 15.5. The lowest BCUT2D eigenvalue weighted by Crippen LogP contribution is -2.19. The van der Waals surface area contributed by atoms with Gasteiger partial charge in [-0.15, -0.1) is 0 Å². The van der Waals surface area contributed by atoms with Crippen LogP contribution < -0.4 is 4.84 Å². The Morgan fingerprint density at radius 2 is 2.38 bits per heavy atom. The molecule has 1 N–H and O–H groups in total. The molecule has 0 radical (unpaired) electrons. The normalized spacial score (nSPS) is 10.0. The van der Waals surface area contributed by atoms with Crippen LogP contribution in [0.2, 0.25) is 5.15 Å². The van der Waals surface area contributed by atoms with E-state index >= 15 is 0 Å². The van der Waals surface area contributed by atoms with Crippen molar-refractivity contribution in [3.63, 3.8) is 0 Å². The van der Waals surface area contributed by atoms with E-state index in [1.54, 1.807) is 0 Å². The number of hydrogen-bond acceptors (Lipinski definition) is 3. The second-order valence-corrected chi connectivity index (χ2v) is 2.56. The lowest BCUT2D eigenvalue weighted by molar-refractivity contribution is -0.0401. The number of aromatic carboxylic acids is 1. The molecule has 0 bridgehead atoms. The molecule has 0 aliphatic rings. The van der Waals surface area contributed by atoms with Crippen molar-refractivity contribution in [2.45, 2.75) is 0 Å². The van der Waals surface area contributed by atoms with Crippen LogP contribution in [0.1, 0.15) is 10.5 Å². The molecule has 1 aromatic rings. The second kappa shape index (κ2) is 4.15. The Balaban J connectivity index is 2.88. The molecule has 0 fully saturated rings. The number of halogens is 1. The minimum Gasteiger partial charge on any atom is -0.476 e. The topological polar surface area (TPSA) is 60.7 Å². The number of nitrogens with zero attached hydrogens (tertiary/aromatic N) is 1. The average molecular weight is 206 g/mol. The van der Waals surface area contributed by atoms with Crippen LogP contribution in [0.5, 0.6) is 0 Å². The van der Waals surface area contributed by atoms with Crippen molar-refractivity contribution < 1.29 is 19.5 Å². The fourth-order valence-electron chi connectivity index (χ4n) is 0.793. The van der Waals surface area contributed by atoms with E-state index in [1.807, 2.05) is 0 Å². The quantitative estimate of drug-likeness (QED) is 0.741. The summed E-state index contributed by atoms with van der Waals surface area (Å²) in [5, 5.41) is 8.87. The molecule has 0 unspecified atom stereocenters. The van der Waals surface area contributed by atoms with Gasteiger partial charge in [-0.25, -0.2) is 4.79 Å². The van der Waals surface area contributed by atoms with Gasteiger partial charge in [-0.1, -0.05) is 11.6 Å².